The number of carbonyl (C=O) groups excluding carboxylic acids is 1. The fraction of sp³-hybridized carbons (Fsp3) is 0.286. The molecule has 0 unspecified atom stereocenters. The van der Waals surface area contributed by atoms with Crippen molar-refractivity contribution in [1.29, 1.82) is 0 Å². The summed E-state index contributed by atoms with van der Waals surface area (Å²) in [6, 6.07) is 12.3. The van der Waals surface area contributed by atoms with Crippen molar-refractivity contribution in [3.8, 4) is 11.4 Å². The Labute approximate surface area is 162 Å². The number of aromatic nitrogens is 3. The smallest absolute Gasteiger partial charge is 0.244 e. The summed E-state index contributed by atoms with van der Waals surface area (Å²) in [6.07, 6.45) is 9.99. The summed E-state index contributed by atoms with van der Waals surface area (Å²) in [5, 5.41) is 9.71. The van der Waals surface area contributed by atoms with Gasteiger partial charge >= 0.3 is 0 Å². The minimum absolute atomic E-state index is 0.113. The van der Waals surface area contributed by atoms with Gasteiger partial charge in [0.05, 0.1) is 29.7 Å². The van der Waals surface area contributed by atoms with Crippen molar-refractivity contribution in [1.82, 2.24) is 20.1 Å². The molecule has 1 fully saturated rings. The molecule has 1 amide bonds. The Balaban J connectivity index is 1.48. The second kappa shape index (κ2) is 8.31. The molecule has 1 N–H and O–H groups in total. The summed E-state index contributed by atoms with van der Waals surface area (Å²) in [4.78, 5) is 17.6. The van der Waals surface area contributed by atoms with Crippen LogP contribution in [0.5, 0.6) is 0 Å². The fourth-order valence-corrected chi connectivity index (χ4v) is 4.06. The van der Waals surface area contributed by atoms with E-state index in [1.165, 1.54) is 12.8 Å². The number of rotatable bonds is 6. The van der Waals surface area contributed by atoms with Crippen molar-refractivity contribution in [3.63, 3.8) is 0 Å². The van der Waals surface area contributed by atoms with Crippen molar-refractivity contribution in [2.45, 2.75) is 38.3 Å². The Bertz CT molecular complexity index is 909. The number of thiophene rings is 1. The number of amides is 1. The van der Waals surface area contributed by atoms with Gasteiger partial charge in [-0.25, -0.2) is 0 Å². The minimum Gasteiger partial charge on any atom is -0.347 e. The van der Waals surface area contributed by atoms with E-state index in [-0.39, 0.29) is 5.91 Å². The topological polar surface area (TPSA) is 59.8 Å². The van der Waals surface area contributed by atoms with Crippen LogP contribution in [0.3, 0.4) is 0 Å². The first-order valence-corrected chi connectivity index (χ1v) is 10.2. The number of nitrogens with one attached hydrogen (secondary N) is 1. The van der Waals surface area contributed by atoms with E-state index >= 15 is 0 Å². The SMILES string of the molecule is O=C(/C=C/c1cccs1)NCc1cc(-c2ccccn2)n(C2CCCC2)n1. The van der Waals surface area contributed by atoms with Crippen LogP contribution in [0.15, 0.2) is 54.1 Å². The summed E-state index contributed by atoms with van der Waals surface area (Å²) in [5.41, 5.74) is 2.81. The van der Waals surface area contributed by atoms with E-state index in [1.54, 1.807) is 23.6 Å². The number of pyridine rings is 1. The van der Waals surface area contributed by atoms with Gasteiger partial charge in [-0.05, 0) is 48.6 Å². The van der Waals surface area contributed by atoms with Crippen LogP contribution in [0.1, 0.15) is 42.3 Å². The lowest BCUT2D eigenvalue weighted by Crippen LogP contribution is -2.20. The second-order valence-electron chi connectivity index (χ2n) is 6.69. The van der Waals surface area contributed by atoms with Crippen LogP contribution in [0.4, 0.5) is 0 Å². The van der Waals surface area contributed by atoms with Crippen molar-refractivity contribution < 1.29 is 4.79 Å². The fourth-order valence-electron chi connectivity index (χ4n) is 3.44. The highest BCUT2D eigenvalue weighted by atomic mass is 32.1. The van der Waals surface area contributed by atoms with Crippen LogP contribution < -0.4 is 5.32 Å². The molecular weight excluding hydrogens is 356 g/mol. The van der Waals surface area contributed by atoms with Crippen molar-refractivity contribution >= 4 is 23.3 Å². The Morgan fingerprint density at radius 2 is 2.15 bits per heavy atom. The predicted octanol–water partition coefficient (Wildman–Crippen LogP) is 4.45. The first-order chi connectivity index (χ1) is 13.3. The highest BCUT2D eigenvalue weighted by Gasteiger charge is 2.22. The minimum atomic E-state index is -0.113. The molecule has 0 aromatic carbocycles. The van der Waals surface area contributed by atoms with Gasteiger partial charge in [0.25, 0.3) is 0 Å². The van der Waals surface area contributed by atoms with Crippen LogP contribution in [0.25, 0.3) is 17.5 Å². The molecule has 1 saturated carbocycles. The first-order valence-electron chi connectivity index (χ1n) is 9.29. The highest BCUT2D eigenvalue weighted by molar-refractivity contribution is 7.10. The highest BCUT2D eigenvalue weighted by Crippen LogP contribution is 2.33. The number of carbonyl (C=O) groups is 1. The van der Waals surface area contributed by atoms with Crippen LogP contribution in [-0.2, 0) is 11.3 Å². The molecule has 1 aliphatic carbocycles. The van der Waals surface area contributed by atoms with Crippen molar-refractivity contribution in [3.05, 3.63) is 64.6 Å². The molecule has 3 heterocycles. The molecule has 138 valence electrons. The Morgan fingerprint density at radius 3 is 2.89 bits per heavy atom. The van der Waals surface area contributed by atoms with Crippen LogP contribution in [-0.4, -0.2) is 20.7 Å². The molecule has 0 saturated heterocycles. The van der Waals surface area contributed by atoms with E-state index in [2.05, 4.69) is 15.0 Å². The van der Waals surface area contributed by atoms with Gasteiger partial charge in [-0.1, -0.05) is 25.0 Å². The van der Waals surface area contributed by atoms with E-state index in [0.29, 0.717) is 12.6 Å². The quantitative estimate of drug-likeness (QED) is 0.645. The number of nitrogens with zero attached hydrogens (tertiary/aromatic N) is 3. The molecule has 4 rings (SSSR count). The van der Waals surface area contributed by atoms with Crippen molar-refractivity contribution in [2.24, 2.45) is 0 Å². The maximum atomic E-state index is 12.1. The summed E-state index contributed by atoms with van der Waals surface area (Å²) >= 11 is 1.61. The molecule has 5 nitrogen and oxygen atoms in total. The molecule has 1 aliphatic rings. The van der Waals surface area contributed by atoms with Gasteiger partial charge in [0.2, 0.25) is 5.91 Å². The molecule has 3 aromatic rings. The largest absolute Gasteiger partial charge is 0.347 e. The zero-order chi connectivity index (χ0) is 18.5. The molecule has 0 aliphatic heterocycles. The number of hydrogen-bond acceptors (Lipinski definition) is 4. The molecular formula is C21H22N4OS. The Hall–Kier alpha value is -2.73. The lowest BCUT2D eigenvalue weighted by Gasteiger charge is -2.13. The standard InChI is InChI=1S/C21H22N4OS/c26-21(11-10-18-8-5-13-27-18)23-15-16-14-20(19-9-3-4-12-22-19)25(24-16)17-6-1-2-7-17/h3-5,8-14,17H,1-2,6-7,15H2,(H,23,26)/b11-10+. The normalized spacial score (nSPS) is 14.8. The van der Waals surface area contributed by atoms with Gasteiger partial charge in [-0.2, -0.15) is 5.10 Å². The van der Waals surface area contributed by atoms with E-state index in [9.17, 15) is 4.79 Å². The van der Waals surface area contributed by atoms with Crippen LogP contribution >= 0.6 is 11.3 Å². The molecule has 0 atom stereocenters. The van der Waals surface area contributed by atoms with Gasteiger partial charge in [-0.3, -0.25) is 14.5 Å². The van der Waals surface area contributed by atoms with Crippen LogP contribution in [0, 0.1) is 0 Å². The molecule has 0 spiro atoms. The zero-order valence-corrected chi connectivity index (χ0v) is 15.9. The number of hydrogen-bond donors (Lipinski definition) is 1. The molecule has 0 bridgehead atoms. The molecule has 3 aromatic heterocycles. The van der Waals surface area contributed by atoms with E-state index in [1.807, 2.05) is 47.9 Å². The molecule has 27 heavy (non-hydrogen) atoms. The van der Waals surface area contributed by atoms with Gasteiger partial charge in [0.15, 0.2) is 0 Å². The van der Waals surface area contributed by atoms with E-state index < -0.39 is 0 Å². The zero-order valence-electron chi connectivity index (χ0n) is 15.0. The lowest BCUT2D eigenvalue weighted by molar-refractivity contribution is -0.116. The summed E-state index contributed by atoms with van der Waals surface area (Å²) in [7, 11) is 0. The molecule has 0 radical (unpaired) electrons. The van der Waals surface area contributed by atoms with Gasteiger partial charge in [0.1, 0.15) is 0 Å². The Morgan fingerprint density at radius 1 is 1.26 bits per heavy atom. The third-order valence-corrected chi connectivity index (χ3v) is 5.61. The lowest BCUT2D eigenvalue weighted by atomic mass is 10.2. The third kappa shape index (κ3) is 4.34. The average molecular weight is 379 g/mol. The van der Waals surface area contributed by atoms with E-state index in [0.717, 1.165) is 34.8 Å². The second-order valence-corrected chi connectivity index (χ2v) is 7.66. The maximum Gasteiger partial charge on any atom is 0.244 e. The summed E-state index contributed by atoms with van der Waals surface area (Å²) in [6.45, 7) is 0.410. The third-order valence-electron chi connectivity index (χ3n) is 4.77. The Kier molecular flexibility index (Phi) is 5.44. The summed E-state index contributed by atoms with van der Waals surface area (Å²) < 4.78 is 2.11. The average Bonchev–Trinajstić information content (AvgIpc) is 3.47. The van der Waals surface area contributed by atoms with Crippen molar-refractivity contribution in [2.75, 3.05) is 0 Å². The first kappa shape index (κ1) is 17.7. The van der Waals surface area contributed by atoms with Crippen LogP contribution in [0.2, 0.25) is 0 Å². The van der Waals surface area contributed by atoms with Gasteiger partial charge in [-0.15, -0.1) is 11.3 Å². The predicted molar refractivity (Wildman–Crippen MR) is 108 cm³/mol. The van der Waals surface area contributed by atoms with Gasteiger partial charge in [0, 0.05) is 17.2 Å². The maximum absolute atomic E-state index is 12.1. The summed E-state index contributed by atoms with van der Waals surface area (Å²) in [5.74, 6) is -0.113. The van der Waals surface area contributed by atoms with E-state index in [4.69, 9.17) is 5.10 Å². The monoisotopic (exact) mass is 378 g/mol. The van der Waals surface area contributed by atoms with Gasteiger partial charge < -0.3 is 5.32 Å². The molecule has 6 heteroatoms.